The third kappa shape index (κ3) is 3.09. The molecule has 1 fully saturated rings. The summed E-state index contributed by atoms with van der Waals surface area (Å²) >= 11 is 5.97. The van der Waals surface area contributed by atoms with Gasteiger partial charge in [-0.3, -0.25) is 4.90 Å². The standard InChI is InChI=1S/C10H17N3S2/c14-8-1-3-12-4-6-13(7-5-12)10-11-2-9-15-10/h2,9,14H,1,3-8H2. The predicted molar refractivity (Wildman–Crippen MR) is 69.2 cm³/mol. The molecule has 0 N–H and O–H groups in total. The Morgan fingerprint density at radius 3 is 2.73 bits per heavy atom. The van der Waals surface area contributed by atoms with Crippen LogP contribution >= 0.6 is 24.0 Å². The minimum Gasteiger partial charge on any atom is -0.346 e. The minimum atomic E-state index is 0.993. The van der Waals surface area contributed by atoms with E-state index in [-0.39, 0.29) is 0 Å². The number of nitrogens with zero attached hydrogens (tertiary/aromatic N) is 3. The largest absolute Gasteiger partial charge is 0.346 e. The van der Waals surface area contributed by atoms with E-state index >= 15 is 0 Å². The minimum absolute atomic E-state index is 0.993. The second kappa shape index (κ2) is 5.72. The molecule has 2 heterocycles. The van der Waals surface area contributed by atoms with Crippen LogP contribution < -0.4 is 4.90 Å². The van der Waals surface area contributed by atoms with Crippen molar-refractivity contribution >= 4 is 29.1 Å². The van der Waals surface area contributed by atoms with Gasteiger partial charge in [0.2, 0.25) is 0 Å². The third-order valence-corrected chi connectivity index (χ3v) is 3.84. The summed E-state index contributed by atoms with van der Waals surface area (Å²) < 4.78 is 0. The van der Waals surface area contributed by atoms with Gasteiger partial charge < -0.3 is 4.90 Å². The Hall–Kier alpha value is -0.260. The average Bonchev–Trinajstić information content (AvgIpc) is 2.80. The smallest absolute Gasteiger partial charge is 0.185 e. The van der Waals surface area contributed by atoms with E-state index in [1.54, 1.807) is 11.3 Å². The van der Waals surface area contributed by atoms with Crippen molar-refractivity contribution in [2.45, 2.75) is 6.42 Å². The lowest BCUT2D eigenvalue weighted by Crippen LogP contribution is -2.46. The van der Waals surface area contributed by atoms with E-state index in [9.17, 15) is 0 Å². The van der Waals surface area contributed by atoms with Crippen LogP contribution in [0.1, 0.15) is 6.42 Å². The van der Waals surface area contributed by atoms with E-state index in [0.29, 0.717) is 0 Å². The SMILES string of the molecule is SCCCN1CCN(c2nccs2)CC1. The second-order valence-corrected chi connectivity index (χ2v) is 5.04. The number of thiazole rings is 1. The van der Waals surface area contributed by atoms with Gasteiger partial charge in [0.25, 0.3) is 0 Å². The van der Waals surface area contributed by atoms with E-state index in [2.05, 4.69) is 27.4 Å². The van der Waals surface area contributed by atoms with Crippen LogP contribution in [0.15, 0.2) is 11.6 Å². The maximum Gasteiger partial charge on any atom is 0.185 e. The summed E-state index contributed by atoms with van der Waals surface area (Å²) in [6, 6.07) is 0. The topological polar surface area (TPSA) is 19.4 Å². The number of hydrogen-bond donors (Lipinski definition) is 1. The molecule has 0 aliphatic carbocycles. The maximum atomic E-state index is 4.34. The molecule has 0 unspecified atom stereocenters. The lowest BCUT2D eigenvalue weighted by atomic mass is 10.3. The Balaban J connectivity index is 1.77. The first-order valence-corrected chi connectivity index (χ1v) is 6.89. The van der Waals surface area contributed by atoms with Gasteiger partial charge >= 0.3 is 0 Å². The van der Waals surface area contributed by atoms with E-state index in [4.69, 9.17) is 0 Å². The van der Waals surface area contributed by atoms with Gasteiger partial charge in [-0.15, -0.1) is 11.3 Å². The van der Waals surface area contributed by atoms with Gasteiger partial charge in [-0.2, -0.15) is 12.6 Å². The first kappa shape index (κ1) is 11.2. The number of thiol groups is 1. The fraction of sp³-hybridized carbons (Fsp3) is 0.700. The molecule has 1 saturated heterocycles. The van der Waals surface area contributed by atoms with Gasteiger partial charge in [-0.05, 0) is 18.7 Å². The molecular weight excluding hydrogens is 226 g/mol. The number of aromatic nitrogens is 1. The van der Waals surface area contributed by atoms with E-state index in [0.717, 1.165) is 31.9 Å². The Kier molecular flexibility index (Phi) is 4.29. The first-order valence-electron chi connectivity index (χ1n) is 5.38. The molecule has 1 aliphatic heterocycles. The first-order chi connectivity index (χ1) is 7.40. The van der Waals surface area contributed by atoms with Gasteiger partial charge in [-0.1, -0.05) is 0 Å². The molecule has 0 aromatic carbocycles. The zero-order chi connectivity index (χ0) is 10.5. The molecule has 15 heavy (non-hydrogen) atoms. The highest BCUT2D eigenvalue weighted by molar-refractivity contribution is 7.80. The Labute approximate surface area is 101 Å². The lowest BCUT2D eigenvalue weighted by Gasteiger charge is -2.34. The molecule has 84 valence electrons. The summed E-state index contributed by atoms with van der Waals surface area (Å²) in [5.74, 6) is 0.993. The Morgan fingerprint density at radius 2 is 2.13 bits per heavy atom. The normalized spacial score (nSPS) is 18.3. The highest BCUT2D eigenvalue weighted by Crippen LogP contribution is 2.18. The number of rotatable bonds is 4. The second-order valence-electron chi connectivity index (χ2n) is 3.72. The summed E-state index contributed by atoms with van der Waals surface area (Å²) in [6.45, 7) is 5.73. The van der Waals surface area contributed by atoms with Crippen LogP contribution in [-0.4, -0.2) is 48.4 Å². The molecular formula is C10H17N3S2. The summed E-state index contributed by atoms with van der Waals surface area (Å²) in [5.41, 5.74) is 0. The molecule has 0 saturated carbocycles. The molecule has 0 atom stereocenters. The number of piperazine rings is 1. The van der Waals surface area contributed by atoms with Gasteiger partial charge in [-0.25, -0.2) is 4.98 Å². The van der Waals surface area contributed by atoms with Gasteiger partial charge in [0, 0.05) is 37.8 Å². The monoisotopic (exact) mass is 243 g/mol. The van der Waals surface area contributed by atoms with Crippen molar-refractivity contribution in [3.8, 4) is 0 Å². The van der Waals surface area contributed by atoms with Crippen LogP contribution in [0.4, 0.5) is 5.13 Å². The Morgan fingerprint density at radius 1 is 1.33 bits per heavy atom. The van der Waals surface area contributed by atoms with Crippen LogP contribution in [0, 0.1) is 0 Å². The molecule has 0 radical (unpaired) electrons. The van der Waals surface area contributed by atoms with Crippen molar-refractivity contribution in [3.63, 3.8) is 0 Å². The van der Waals surface area contributed by atoms with Crippen LogP contribution in [0.25, 0.3) is 0 Å². The van der Waals surface area contributed by atoms with Gasteiger partial charge in [0.05, 0.1) is 0 Å². The van der Waals surface area contributed by atoms with Crippen LogP contribution in [0.3, 0.4) is 0 Å². The lowest BCUT2D eigenvalue weighted by molar-refractivity contribution is 0.259. The third-order valence-electron chi connectivity index (χ3n) is 2.69. The fourth-order valence-corrected chi connectivity index (χ4v) is 2.67. The maximum absolute atomic E-state index is 4.34. The molecule has 5 heteroatoms. The van der Waals surface area contributed by atoms with Crippen LogP contribution in [0.2, 0.25) is 0 Å². The average molecular weight is 243 g/mol. The van der Waals surface area contributed by atoms with E-state index < -0.39 is 0 Å². The Bertz CT molecular complexity index is 268. The van der Waals surface area contributed by atoms with Gasteiger partial charge in [0.15, 0.2) is 5.13 Å². The van der Waals surface area contributed by atoms with E-state index in [1.165, 1.54) is 18.1 Å². The van der Waals surface area contributed by atoms with Crippen LogP contribution in [0.5, 0.6) is 0 Å². The summed E-state index contributed by atoms with van der Waals surface area (Å²) in [6.07, 6.45) is 3.08. The molecule has 0 amide bonds. The van der Waals surface area contributed by atoms with Crippen molar-refractivity contribution < 1.29 is 0 Å². The van der Waals surface area contributed by atoms with Crippen molar-refractivity contribution in [1.82, 2.24) is 9.88 Å². The van der Waals surface area contributed by atoms with Crippen molar-refractivity contribution in [1.29, 1.82) is 0 Å². The number of hydrogen-bond acceptors (Lipinski definition) is 5. The molecule has 1 aromatic rings. The summed E-state index contributed by atoms with van der Waals surface area (Å²) in [7, 11) is 0. The quantitative estimate of drug-likeness (QED) is 0.811. The summed E-state index contributed by atoms with van der Waals surface area (Å²) in [5, 5.41) is 3.21. The van der Waals surface area contributed by atoms with Crippen LogP contribution in [-0.2, 0) is 0 Å². The zero-order valence-corrected chi connectivity index (χ0v) is 10.5. The zero-order valence-electron chi connectivity index (χ0n) is 8.80. The fourth-order valence-electron chi connectivity index (χ4n) is 1.83. The van der Waals surface area contributed by atoms with Crippen molar-refractivity contribution in [2.24, 2.45) is 0 Å². The molecule has 0 spiro atoms. The highest BCUT2D eigenvalue weighted by Gasteiger charge is 2.17. The molecule has 2 rings (SSSR count). The molecule has 0 bridgehead atoms. The van der Waals surface area contributed by atoms with E-state index in [1.807, 2.05) is 11.6 Å². The number of anilines is 1. The predicted octanol–water partition coefficient (Wildman–Crippen LogP) is 1.58. The highest BCUT2D eigenvalue weighted by atomic mass is 32.1. The van der Waals surface area contributed by atoms with Gasteiger partial charge in [0.1, 0.15) is 0 Å². The van der Waals surface area contributed by atoms with Crippen molar-refractivity contribution in [3.05, 3.63) is 11.6 Å². The van der Waals surface area contributed by atoms with Crippen molar-refractivity contribution in [2.75, 3.05) is 43.4 Å². The molecule has 3 nitrogen and oxygen atoms in total. The summed E-state index contributed by atoms with van der Waals surface area (Å²) in [4.78, 5) is 9.23. The molecule has 1 aliphatic rings. The molecule has 1 aromatic heterocycles.